The van der Waals surface area contributed by atoms with Crippen molar-refractivity contribution in [2.45, 2.75) is 26.8 Å². The van der Waals surface area contributed by atoms with Gasteiger partial charge >= 0.3 is 0 Å². The highest BCUT2D eigenvalue weighted by Gasteiger charge is 2.35. The molecule has 0 spiro atoms. The molecule has 1 aromatic heterocycles. The average Bonchev–Trinajstić information content (AvgIpc) is 3.19. The highest BCUT2D eigenvalue weighted by Crippen LogP contribution is 2.27. The summed E-state index contributed by atoms with van der Waals surface area (Å²) in [7, 11) is 3.16. The van der Waals surface area contributed by atoms with Gasteiger partial charge in [-0.2, -0.15) is 0 Å². The van der Waals surface area contributed by atoms with Crippen molar-refractivity contribution in [2.24, 2.45) is 5.41 Å². The van der Waals surface area contributed by atoms with Crippen LogP contribution in [0, 0.1) is 5.41 Å². The molecule has 146 valence electrons. The van der Waals surface area contributed by atoms with Crippen LogP contribution in [0.4, 0.5) is 0 Å². The molecular weight excluding hydrogens is 348 g/mol. The Hall–Kier alpha value is -2.96. The minimum atomic E-state index is -1.19. The second-order valence-electron chi connectivity index (χ2n) is 6.58. The van der Waals surface area contributed by atoms with Gasteiger partial charge in [-0.1, -0.05) is 6.07 Å². The van der Waals surface area contributed by atoms with E-state index in [-0.39, 0.29) is 18.4 Å². The molecule has 0 unspecified atom stereocenters. The Morgan fingerprint density at radius 2 is 1.74 bits per heavy atom. The molecule has 2 aromatic rings. The summed E-state index contributed by atoms with van der Waals surface area (Å²) in [5, 5.41) is 5.53. The van der Waals surface area contributed by atoms with Gasteiger partial charge in [0.05, 0.1) is 27.0 Å². The summed E-state index contributed by atoms with van der Waals surface area (Å²) < 4.78 is 15.7. The zero-order chi connectivity index (χ0) is 19.9. The Morgan fingerprint density at radius 3 is 2.37 bits per heavy atom. The number of methoxy groups -OCH3 is 2. The Morgan fingerprint density at radius 1 is 1.04 bits per heavy atom. The second-order valence-corrected chi connectivity index (χ2v) is 6.58. The maximum absolute atomic E-state index is 12.4. The van der Waals surface area contributed by atoms with E-state index < -0.39 is 5.41 Å². The smallest absolute Gasteiger partial charge is 0.235 e. The summed E-state index contributed by atoms with van der Waals surface area (Å²) in [6.45, 7) is 3.84. The number of furan rings is 1. The van der Waals surface area contributed by atoms with E-state index in [1.807, 2.05) is 18.2 Å². The van der Waals surface area contributed by atoms with Crippen molar-refractivity contribution in [3.05, 3.63) is 47.9 Å². The van der Waals surface area contributed by atoms with Crippen molar-refractivity contribution >= 4 is 11.8 Å². The SMILES string of the molecule is COc1ccc(CCNC(=O)C(C)(C)C(=O)NCc2ccco2)cc1OC. The summed E-state index contributed by atoms with van der Waals surface area (Å²) in [6.07, 6.45) is 2.14. The highest BCUT2D eigenvalue weighted by molar-refractivity contribution is 6.04. The first-order chi connectivity index (χ1) is 12.9. The van der Waals surface area contributed by atoms with E-state index in [4.69, 9.17) is 13.9 Å². The Labute approximate surface area is 159 Å². The predicted molar refractivity (Wildman–Crippen MR) is 101 cm³/mol. The molecule has 0 atom stereocenters. The Balaban J connectivity index is 1.85. The van der Waals surface area contributed by atoms with Crippen LogP contribution in [0.25, 0.3) is 0 Å². The molecule has 1 heterocycles. The third-order valence-corrected chi connectivity index (χ3v) is 4.29. The molecule has 2 amide bonds. The first-order valence-electron chi connectivity index (χ1n) is 8.68. The summed E-state index contributed by atoms with van der Waals surface area (Å²) in [5.74, 6) is 1.23. The summed E-state index contributed by atoms with van der Waals surface area (Å²) in [4.78, 5) is 24.8. The maximum Gasteiger partial charge on any atom is 0.235 e. The largest absolute Gasteiger partial charge is 0.493 e. The van der Waals surface area contributed by atoms with E-state index in [9.17, 15) is 9.59 Å². The van der Waals surface area contributed by atoms with Gasteiger partial charge < -0.3 is 24.5 Å². The van der Waals surface area contributed by atoms with Gasteiger partial charge in [-0.3, -0.25) is 9.59 Å². The number of nitrogens with one attached hydrogen (secondary N) is 2. The van der Waals surface area contributed by atoms with E-state index in [1.165, 1.54) is 6.26 Å². The fourth-order valence-corrected chi connectivity index (χ4v) is 2.48. The van der Waals surface area contributed by atoms with Crippen LogP contribution in [-0.4, -0.2) is 32.6 Å². The molecule has 0 radical (unpaired) electrons. The molecule has 0 aliphatic heterocycles. The van der Waals surface area contributed by atoms with Crippen LogP contribution < -0.4 is 20.1 Å². The lowest BCUT2D eigenvalue weighted by Gasteiger charge is -2.22. The van der Waals surface area contributed by atoms with Crippen LogP contribution in [0.3, 0.4) is 0 Å². The molecule has 27 heavy (non-hydrogen) atoms. The lowest BCUT2D eigenvalue weighted by molar-refractivity contribution is -0.141. The van der Waals surface area contributed by atoms with Crippen LogP contribution in [0.15, 0.2) is 41.0 Å². The van der Waals surface area contributed by atoms with Crippen molar-refractivity contribution in [3.8, 4) is 11.5 Å². The molecule has 0 saturated heterocycles. The zero-order valence-electron chi connectivity index (χ0n) is 16.1. The van der Waals surface area contributed by atoms with Crippen LogP contribution in [0.2, 0.25) is 0 Å². The van der Waals surface area contributed by atoms with E-state index in [1.54, 1.807) is 40.2 Å². The predicted octanol–water partition coefficient (Wildman–Crippen LogP) is 2.30. The quantitative estimate of drug-likeness (QED) is 0.658. The molecule has 2 rings (SSSR count). The van der Waals surface area contributed by atoms with Crippen LogP contribution in [0.5, 0.6) is 11.5 Å². The molecular formula is C20H26N2O5. The first-order valence-corrected chi connectivity index (χ1v) is 8.68. The van der Waals surface area contributed by atoms with E-state index >= 15 is 0 Å². The molecule has 0 bridgehead atoms. The number of hydrogen-bond acceptors (Lipinski definition) is 5. The first kappa shape index (κ1) is 20.4. The zero-order valence-corrected chi connectivity index (χ0v) is 16.1. The highest BCUT2D eigenvalue weighted by atomic mass is 16.5. The van der Waals surface area contributed by atoms with E-state index in [0.29, 0.717) is 30.2 Å². The van der Waals surface area contributed by atoms with Crippen molar-refractivity contribution in [1.29, 1.82) is 0 Å². The number of ether oxygens (including phenoxy) is 2. The fraction of sp³-hybridized carbons (Fsp3) is 0.400. The molecule has 7 heteroatoms. The molecule has 0 fully saturated rings. The third-order valence-electron chi connectivity index (χ3n) is 4.29. The molecule has 0 saturated carbocycles. The average molecular weight is 374 g/mol. The number of rotatable bonds is 9. The van der Waals surface area contributed by atoms with E-state index in [2.05, 4.69) is 10.6 Å². The molecule has 0 aliphatic rings. The van der Waals surface area contributed by atoms with Crippen molar-refractivity contribution in [1.82, 2.24) is 10.6 Å². The minimum absolute atomic E-state index is 0.244. The lowest BCUT2D eigenvalue weighted by atomic mass is 9.91. The number of carbonyl (C=O) groups excluding carboxylic acids is 2. The molecule has 1 aromatic carbocycles. The van der Waals surface area contributed by atoms with Crippen molar-refractivity contribution in [2.75, 3.05) is 20.8 Å². The fourth-order valence-electron chi connectivity index (χ4n) is 2.48. The molecule has 7 nitrogen and oxygen atoms in total. The van der Waals surface area contributed by atoms with Crippen LogP contribution >= 0.6 is 0 Å². The van der Waals surface area contributed by atoms with Gasteiger partial charge in [0.1, 0.15) is 11.2 Å². The number of amides is 2. The normalized spacial score (nSPS) is 11.0. The van der Waals surface area contributed by atoms with Gasteiger partial charge in [0.2, 0.25) is 11.8 Å². The van der Waals surface area contributed by atoms with Gasteiger partial charge in [0, 0.05) is 6.54 Å². The lowest BCUT2D eigenvalue weighted by Crippen LogP contribution is -2.48. The van der Waals surface area contributed by atoms with Gasteiger partial charge in [-0.05, 0) is 50.1 Å². The van der Waals surface area contributed by atoms with Crippen molar-refractivity contribution in [3.63, 3.8) is 0 Å². The van der Waals surface area contributed by atoms with Crippen LogP contribution in [0.1, 0.15) is 25.2 Å². The Kier molecular flexibility index (Phi) is 6.87. The summed E-state index contributed by atoms with van der Waals surface area (Å²) in [5.41, 5.74) is -0.197. The summed E-state index contributed by atoms with van der Waals surface area (Å²) in [6, 6.07) is 9.10. The Bertz CT molecular complexity index is 769. The van der Waals surface area contributed by atoms with Gasteiger partial charge in [-0.15, -0.1) is 0 Å². The standard InChI is InChI=1S/C20H26N2O5/c1-20(2,19(24)22-13-15-6-5-11-27-15)18(23)21-10-9-14-7-8-16(25-3)17(12-14)26-4/h5-8,11-12H,9-10,13H2,1-4H3,(H,21,23)(H,22,24). The third kappa shape index (κ3) is 5.26. The monoisotopic (exact) mass is 374 g/mol. The number of benzene rings is 1. The maximum atomic E-state index is 12.4. The van der Waals surface area contributed by atoms with E-state index in [0.717, 1.165) is 5.56 Å². The van der Waals surface area contributed by atoms with Gasteiger partial charge in [0.25, 0.3) is 0 Å². The number of hydrogen-bond donors (Lipinski definition) is 2. The minimum Gasteiger partial charge on any atom is -0.493 e. The topological polar surface area (TPSA) is 89.8 Å². The number of carbonyl (C=O) groups is 2. The van der Waals surface area contributed by atoms with Gasteiger partial charge in [0.15, 0.2) is 11.5 Å². The summed E-state index contributed by atoms with van der Waals surface area (Å²) >= 11 is 0. The van der Waals surface area contributed by atoms with Crippen molar-refractivity contribution < 1.29 is 23.5 Å². The van der Waals surface area contributed by atoms with Gasteiger partial charge in [-0.25, -0.2) is 0 Å². The van der Waals surface area contributed by atoms with Crippen LogP contribution in [-0.2, 0) is 22.6 Å². The molecule has 0 aliphatic carbocycles. The molecule has 2 N–H and O–H groups in total. The second kappa shape index (κ2) is 9.12.